The molecular formula is C17H25NO. The first-order chi connectivity index (χ1) is 9.38. The third-order valence-corrected chi connectivity index (χ3v) is 4.89. The zero-order valence-corrected chi connectivity index (χ0v) is 11.9. The summed E-state index contributed by atoms with van der Waals surface area (Å²) in [4.78, 5) is 0. The van der Waals surface area contributed by atoms with E-state index >= 15 is 0 Å². The Morgan fingerprint density at radius 3 is 2.95 bits per heavy atom. The first-order valence-corrected chi connectivity index (χ1v) is 7.75. The van der Waals surface area contributed by atoms with E-state index in [1.807, 2.05) is 0 Å². The molecule has 1 heterocycles. The Balaban J connectivity index is 1.73. The van der Waals surface area contributed by atoms with Gasteiger partial charge < -0.3 is 10.1 Å². The normalized spacial score (nSPS) is 30.9. The smallest absolute Gasteiger partial charge is 0.0831 e. The molecule has 3 atom stereocenters. The SMILES string of the molecule is CNC1CCCCC1CC1OCCc2ccccc21. The molecule has 0 aromatic heterocycles. The minimum absolute atomic E-state index is 0.323. The molecule has 2 aliphatic rings. The van der Waals surface area contributed by atoms with Crippen molar-refractivity contribution >= 4 is 0 Å². The van der Waals surface area contributed by atoms with Gasteiger partial charge in [-0.1, -0.05) is 37.1 Å². The average molecular weight is 259 g/mol. The first kappa shape index (κ1) is 13.1. The van der Waals surface area contributed by atoms with Gasteiger partial charge in [0.1, 0.15) is 0 Å². The molecule has 2 nitrogen and oxygen atoms in total. The molecule has 1 aromatic carbocycles. The maximum absolute atomic E-state index is 6.07. The number of hydrogen-bond donors (Lipinski definition) is 1. The van der Waals surface area contributed by atoms with E-state index in [1.54, 1.807) is 0 Å². The molecule has 0 amide bonds. The molecule has 0 spiro atoms. The van der Waals surface area contributed by atoms with Gasteiger partial charge in [-0.3, -0.25) is 0 Å². The summed E-state index contributed by atoms with van der Waals surface area (Å²) in [5, 5.41) is 3.51. The molecule has 2 heteroatoms. The third-order valence-electron chi connectivity index (χ3n) is 4.89. The van der Waals surface area contributed by atoms with E-state index in [4.69, 9.17) is 4.74 Å². The summed E-state index contributed by atoms with van der Waals surface area (Å²) in [7, 11) is 2.11. The highest BCUT2D eigenvalue weighted by Gasteiger charge is 2.29. The van der Waals surface area contributed by atoms with Crippen LogP contribution in [-0.2, 0) is 11.2 Å². The fourth-order valence-electron chi connectivity index (χ4n) is 3.82. The molecular weight excluding hydrogens is 234 g/mol. The molecule has 0 bridgehead atoms. The number of benzene rings is 1. The van der Waals surface area contributed by atoms with E-state index in [2.05, 4.69) is 36.6 Å². The second-order valence-electron chi connectivity index (χ2n) is 5.98. The minimum atomic E-state index is 0.323. The summed E-state index contributed by atoms with van der Waals surface area (Å²) < 4.78 is 6.07. The fourth-order valence-corrected chi connectivity index (χ4v) is 3.82. The van der Waals surface area contributed by atoms with E-state index in [1.165, 1.54) is 43.2 Å². The number of ether oxygens (including phenoxy) is 1. The Bertz CT molecular complexity index is 417. The Labute approximate surface area is 116 Å². The maximum Gasteiger partial charge on any atom is 0.0831 e. The Hall–Kier alpha value is -0.860. The lowest BCUT2D eigenvalue weighted by Crippen LogP contribution is -2.37. The Morgan fingerprint density at radius 1 is 1.21 bits per heavy atom. The van der Waals surface area contributed by atoms with Crippen LogP contribution >= 0.6 is 0 Å². The van der Waals surface area contributed by atoms with Gasteiger partial charge in [0.15, 0.2) is 0 Å². The molecule has 1 aliphatic heterocycles. The summed E-state index contributed by atoms with van der Waals surface area (Å²) >= 11 is 0. The van der Waals surface area contributed by atoms with Gasteiger partial charge in [-0.25, -0.2) is 0 Å². The van der Waals surface area contributed by atoms with Crippen LogP contribution in [0.3, 0.4) is 0 Å². The van der Waals surface area contributed by atoms with Crippen molar-refractivity contribution in [3.8, 4) is 0 Å². The summed E-state index contributed by atoms with van der Waals surface area (Å²) in [6, 6.07) is 9.51. The van der Waals surface area contributed by atoms with Crippen molar-refractivity contribution in [1.82, 2.24) is 5.32 Å². The molecule has 0 radical (unpaired) electrons. The molecule has 3 rings (SSSR count). The van der Waals surface area contributed by atoms with Crippen molar-refractivity contribution in [2.45, 2.75) is 50.7 Å². The van der Waals surface area contributed by atoms with Crippen LogP contribution in [0.4, 0.5) is 0 Å². The monoisotopic (exact) mass is 259 g/mol. The summed E-state index contributed by atoms with van der Waals surface area (Å²) in [6.07, 6.45) is 8.03. The lowest BCUT2D eigenvalue weighted by atomic mass is 9.79. The fraction of sp³-hybridized carbons (Fsp3) is 0.647. The highest BCUT2D eigenvalue weighted by atomic mass is 16.5. The lowest BCUT2D eigenvalue weighted by Gasteiger charge is -2.35. The van der Waals surface area contributed by atoms with Crippen LogP contribution < -0.4 is 5.32 Å². The highest BCUT2D eigenvalue weighted by Crippen LogP contribution is 2.37. The predicted octanol–water partition coefficient (Wildman–Crippen LogP) is 3.47. The van der Waals surface area contributed by atoms with Gasteiger partial charge in [-0.05, 0) is 49.8 Å². The molecule has 1 aliphatic carbocycles. The molecule has 0 saturated heterocycles. The molecule has 1 fully saturated rings. The zero-order chi connectivity index (χ0) is 13.1. The number of fused-ring (bicyclic) bond motifs is 1. The highest BCUT2D eigenvalue weighted by molar-refractivity contribution is 5.30. The van der Waals surface area contributed by atoms with Gasteiger partial charge >= 0.3 is 0 Å². The Morgan fingerprint density at radius 2 is 2.05 bits per heavy atom. The Kier molecular flexibility index (Phi) is 4.19. The number of nitrogens with one attached hydrogen (secondary N) is 1. The van der Waals surface area contributed by atoms with E-state index in [0.29, 0.717) is 12.1 Å². The lowest BCUT2D eigenvalue weighted by molar-refractivity contribution is 0.0170. The first-order valence-electron chi connectivity index (χ1n) is 7.75. The van der Waals surface area contributed by atoms with Gasteiger partial charge in [0.2, 0.25) is 0 Å². The van der Waals surface area contributed by atoms with E-state index < -0.39 is 0 Å². The van der Waals surface area contributed by atoms with Crippen LogP contribution in [0, 0.1) is 5.92 Å². The average Bonchev–Trinajstić information content (AvgIpc) is 2.48. The van der Waals surface area contributed by atoms with Gasteiger partial charge in [-0.2, -0.15) is 0 Å². The molecule has 1 saturated carbocycles. The topological polar surface area (TPSA) is 21.3 Å². The molecule has 19 heavy (non-hydrogen) atoms. The summed E-state index contributed by atoms with van der Waals surface area (Å²) in [5.74, 6) is 0.773. The maximum atomic E-state index is 6.07. The van der Waals surface area contributed by atoms with Gasteiger partial charge in [-0.15, -0.1) is 0 Å². The van der Waals surface area contributed by atoms with Crippen molar-refractivity contribution in [3.63, 3.8) is 0 Å². The quantitative estimate of drug-likeness (QED) is 0.897. The van der Waals surface area contributed by atoms with E-state index in [9.17, 15) is 0 Å². The van der Waals surface area contributed by atoms with Crippen molar-refractivity contribution < 1.29 is 4.74 Å². The second-order valence-corrected chi connectivity index (χ2v) is 5.98. The summed E-state index contributed by atoms with van der Waals surface area (Å²) in [6.45, 7) is 0.888. The largest absolute Gasteiger partial charge is 0.373 e. The molecule has 104 valence electrons. The van der Waals surface area contributed by atoms with Gasteiger partial charge in [0, 0.05) is 6.04 Å². The molecule has 3 unspecified atom stereocenters. The van der Waals surface area contributed by atoms with Crippen molar-refractivity contribution in [3.05, 3.63) is 35.4 Å². The zero-order valence-electron chi connectivity index (χ0n) is 11.9. The second kappa shape index (κ2) is 6.06. The van der Waals surface area contributed by atoms with Crippen LogP contribution in [0.5, 0.6) is 0 Å². The number of hydrogen-bond acceptors (Lipinski definition) is 2. The number of rotatable bonds is 3. The molecule has 1 aromatic rings. The van der Waals surface area contributed by atoms with Crippen molar-refractivity contribution in [1.29, 1.82) is 0 Å². The predicted molar refractivity (Wildman–Crippen MR) is 78.3 cm³/mol. The van der Waals surface area contributed by atoms with Gasteiger partial charge in [0.05, 0.1) is 12.7 Å². The van der Waals surface area contributed by atoms with Crippen LogP contribution in [0.25, 0.3) is 0 Å². The minimum Gasteiger partial charge on any atom is -0.373 e. The van der Waals surface area contributed by atoms with Crippen molar-refractivity contribution in [2.24, 2.45) is 5.92 Å². The molecule has 1 N–H and O–H groups in total. The van der Waals surface area contributed by atoms with Crippen molar-refractivity contribution in [2.75, 3.05) is 13.7 Å². The summed E-state index contributed by atoms with van der Waals surface area (Å²) in [5.41, 5.74) is 2.93. The van der Waals surface area contributed by atoms with Crippen LogP contribution in [0.15, 0.2) is 24.3 Å². The standard InChI is InChI=1S/C17H25NO/c1-18-16-9-5-3-7-14(16)12-17-15-8-4-2-6-13(15)10-11-19-17/h2,4,6,8,14,16-18H,3,5,7,9-12H2,1H3. The van der Waals surface area contributed by atoms with Crippen LogP contribution in [-0.4, -0.2) is 19.7 Å². The van der Waals surface area contributed by atoms with E-state index in [0.717, 1.165) is 18.9 Å². The van der Waals surface area contributed by atoms with Crippen LogP contribution in [0.1, 0.15) is 49.3 Å². The van der Waals surface area contributed by atoms with Gasteiger partial charge in [0.25, 0.3) is 0 Å². The van der Waals surface area contributed by atoms with E-state index in [-0.39, 0.29) is 0 Å². The van der Waals surface area contributed by atoms with Crippen LogP contribution in [0.2, 0.25) is 0 Å². The third kappa shape index (κ3) is 2.85.